The van der Waals surface area contributed by atoms with Gasteiger partial charge in [0.15, 0.2) is 0 Å². The standard InChI is InChI=1S/C13H21N5O2/c1-4-20-12-7-11(16-9(2)17-12)18-6-5-15-8-10(18)13(19)14-3/h7,10,15H,4-6,8H2,1-3H3,(H,14,19). The number of rotatable bonds is 4. The van der Waals surface area contributed by atoms with Crippen LogP contribution in [-0.4, -0.2) is 55.2 Å². The molecular weight excluding hydrogens is 258 g/mol. The maximum Gasteiger partial charge on any atom is 0.243 e. The molecule has 0 spiro atoms. The summed E-state index contributed by atoms with van der Waals surface area (Å²) in [6, 6.07) is 1.52. The molecule has 2 heterocycles. The van der Waals surface area contributed by atoms with Crippen LogP contribution in [0.1, 0.15) is 12.7 Å². The quantitative estimate of drug-likeness (QED) is 0.788. The Hall–Kier alpha value is -1.89. The van der Waals surface area contributed by atoms with E-state index in [1.807, 2.05) is 18.7 Å². The van der Waals surface area contributed by atoms with Gasteiger partial charge in [-0.15, -0.1) is 0 Å². The zero-order valence-corrected chi connectivity index (χ0v) is 12.1. The lowest BCUT2D eigenvalue weighted by Gasteiger charge is -2.35. The summed E-state index contributed by atoms with van der Waals surface area (Å²) in [5, 5.41) is 5.92. The van der Waals surface area contributed by atoms with Gasteiger partial charge in [0.1, 0.15) is 17.7 Å². The van der Waals surface area contributed by atoms with E-state index >= 15 is 0 Å². The topological polar surface area (TPSA) is 79.4 Å². The fourth-order valence-corrected chi connectivity index (χ4v) is 2.27. The number of amides is 1. The van der Waals surface area contributed by atoms with Gasteiger partial charge in [0.05, 0.1) is 6.61 Å². The van der Waals surface area contributed by atoms with Crippen molar-refractivity contribution in [3.05, 3.63) is 11.9 Å². The number of carbonyl (C=O) groups excluding carboxylic acids is 1. The number of aromatic nitrogens is 2. The van der Waals surface area contributed by atoms with Gasteiger partial charge in [-0.2, -0.15) is 4.98 Å². The molecule has 20 heavy (non-hydrogen) atoms. The van der Waals surface area contributed by atoms with E-state index in [9.17, 15) is 4.79 Å². The van der Waals surface area contributed by atoms with Gasteiger partial charge in [0, 0.05) is 32.7 Å². The van der Waals surface area contributed by atoms with Crippen LogP contribution in [0.5, 0.6) is 5.88 Å². The largest absolute Gasteiger partial charge is 0.478 e. The van der Waals surface area contributed by atoms with E-state index < -0.39 is 0 Å². The Bertz CT molecular complexity index is 480. The molecule has 0 aromatic carbocycles. The van der Waals surface area contributed by atoms with Crippen LogP contribution >= 0.6 is 0 Å². The molecule has 1 aliphatic heterocycles. The van der Waals surface area contributed by atoms with E-state index in [-0.39, 0.29) is 11.9 Å². The zero-order valence-electron chi connectivity index (χ0n) is 12.1. The van der Waals surface area contributed by atoms with Gasteiger partial charge >= 0.3 is 0 Å². The summed E-state index contributed by atoms with van der Waals surface area (Å²) in [5.41, 5.74) is 0. The van der Waals surface area contributed by atoms with Crippen molar-refractivity contribution in [2.24, 2.45) is 0 Å². The molecule has 110 valence electrons. The predicted octanol–water partition coefficient (Wildman–Crippen LogP) is -0.292. The number of ether oxygens (including phenoxy) is 1. The summed E-state index contributed by atoms with van der Waals surface area (Å²) >= 11 is 0. The highest BCUT2D eigenvalue weighted by Crippen LogP contribution is 2.20. The number of aryl methyl sites for hydroxylation is 1. The number of nitrogens with zero attached hydrogens (tertiary/aromatic N) is 3. The van der Waals surface area contributed by atoms with Crippen LogP contribution in [0.25, 0.3) is 0 Å². The van der Waals surface area contributed by atoms with Crippen molar-refractivity contribution in [2.45, 2.75) is 19.9 Å². The second-order valence-corrected chi connectivity index (χ2v) is 4.57. The first-order valence-electron chi connectivity index (χ1n) is 6.83. The average molecular weight is 279 g/mol. The van der Waals surface area contributed by atoms with E-state index in [1.165, 1.54) is 0 Å². The molecule has 1 aromatic heterocycles. The van der Waals surface area contributed by atoms with Crippen LogP contribution in [-0.2, 0) is 4.79 Å². The van der Waals surface area contributed by atoms with E-state index in [0.29, 0.717) is 24.9 Å². The zero-order chi connectivity index (χ0) is 14.5. The van der Waals surface area contributed by atoms with Gasteiger partial charge in [-0.1, -0.05) is 0 Å². The molecule has 1 fully saturated rings. The van der Waals surface area contributed by atoms with Crippen LogP contribution in [0.2, 0.25) is 0 Å². The summed E-state index contributed by atoms with van der Waals surface area (Å²) < 4.78 is 5.45. The van der Waals surface area contributed by atoms with E-state index in [1.54, 1.807) is 13.1 Å². The van der Waals surface area contributed by atoms with Crippen molar-refractivity contribution in [1.82, 2.24) is 20.6 Å². The monoisotopic (exact) mass is 279 g/mol. The van der Waals surface area contributed by atoms with Crippen LogP contribution in [0.3, 0.4) is 0 Å². The summed E-state index contributed by atoms with van der Waals surface area (Å²) in [4.78, 5) is 22.6. The smallest absolute Gasteiger partial charge is 0.243 e. The minimum atomic E-state index is -0.266. The first-order chi connectivity index (χ1) is 9.65. The third-order valence-electron chi connectivity index (χ3n) is 3.18. The lowest BCUT2D eigenvalue weighted by Crippen LogP contribution is -2.58. The van der Waals surface area contributed by atoms with Gasteiger partial charge in [-0.3, -0.25) is 4.79 Å². The SMILES string of the molecule is CCOc1cc(N2CCNCC2C(=O)NC)nc(C)n1. The fourth-order valence-electron chi connectivity index (χ4n) is 2.27. The van der Waals surface area contributed by atoms with Crippen LogP contribution in [0.4, 0.5) is 5.82 Å². The van der Waals surface area contributed by atoms with Crippen LogP contribution < -0.4 is 20.3 Å². The summed E-state index contributed by atoms with van der Waals surface area (Å²) in [6.07, 6.45) is 0. The molecule has 1 aliphatic rings. The minimum Gasteiger partial charge on any atom is -0.478 e. The molecule has 7 heteroatoms. The molecule has 0 radical (unpaired) electrons. The molecule has 2 N–H and O–H groups in total. The summed E-state index contributed by atoms with van der Waals surface area (Å²) in [5.74, 6) is 1.90. The Balaban J connectivity index is 2.29. The normalized spacial score (nSPS) is 18.8. The lowest BCUT2D eigenvalue weighted by atomic mass is 10.1. The number of hydrogen-bond donors (Lipinski definition) is 2. The van der Waals surface area contributed by atoms with Gasteiger partial charge in [0.2, 0.25) is 11.8 Å². The van der Waals surface area contributed by atoms with Crippen LogP contribution in [0, 0.1) is 6.92 Å². The molecule has 2 rings (SSSR count). The molecule has 0 bridgehead atoms. The van der Waals surface area contributed by atoms with Gasteiger partial charge in [-0.05, 0) is 13.8 Å². The molecule has 1 atom stereocenters. The summed E-state index contributed by atoms with van der Waals surface area (Å²) in [6.45, 7) is 6.43. The molecular formula is C13H21N5O2. The Morgan fingerprint density at radius 3 is 3.10 bits per heavy atom. The van der Waals surface area contributed by atoms with E-state index in [0.717, 1.165) is 18.9 Å². The second kappa shape index (κ2) is 6.51. The van der Waals surface area contributed by atoms with Gasteiger partial charge in [0.25, 0.3) is 0 Å². The van der Waals surface area contributed by atoms with Crippen molar-refractivity contribution >= 4 is 11.7 Å². The second-order valence-electron chi connectivity index (χ2n) is 4.57. The number of likely N-dealkylation sites (N-methyl/N-ethyl adjacent to an activating group) is 1. The number of anilines is 1. The Morgan fingerprint density at radius 2 is 2.40 bits per heavy atom. The first-order valence-corrected chi connectivity index (χ1v) is 6.83. The molecule has 1 saturated heterocycles. The Kier molecular flexibility index (Phi) is 4.73. The van der Waals surface area contributed by atoms with E-state index in [4.69, 9.17) is 4.74 Å². The molecule has 0 saturated carbocycles. The van der Waals surface area contributed by atoms with Crippen molar-refractivity contribution in [3.8, 4) is 5.88 Å². The van der Waals surface area contributed by atoms with E-state index in [2.05, 4.69) is 20.6 Å². The predicted molar refractivity (Wildman–Crippen MR) is 76.0 cm³/mol. The third-order valence-corrected chi connectivity index (χ3v) is 3.18. The summed E-state index contributed by atoms with van der Waals surface area (Å²) in [7, 11) is 1.64. The fraction of sp³-hybridized carbons (Fsp3) is 0.615. The highest BCUT2D eigenvalue weighted by molar-refractivity contribution is 5.85. The van der Waals surface area contributed by atoms with Crippen molar-refractivity contribution < 1.29 is 9.53 Å². The molecule has 1 aromatic rings. The van der Waals surface area contributed by atoms with Gasteiger partial charge < -0.3 is 20.3 Å². The highest BCUT2D eigenvalue weighted by Gasteiger charge is 2.29. The maximum atomic E-state index is 12.0. The molecule has 1 unspecified atom stereocenters. The first kappa shape index (κ1) is 14.5. The lowest BCUT2D eigenvalue weighted by molar-refractivity contribution is -0.122. The number of piperazine rings is 1. The minimum absolute atomic E-state index is 0.0218. The maximum absolute atomic E-state index is 12.0. The molecule has 7 nitrogen and oxygen atoms in total. The molecule has 1 amide bonds. The highest BCUT2D eigenvalue weighted by atomic mass is 16.5. The third kappa shape index (κ3) is 3.16. The van der Waals surface area contributed by atoms with Crippen LogP contribution in [0.15, 0.2) is 6.07 Å². The number of nitrogens with one attached hydrogen (secondary N) is 2. The number of carbonyl (C=O) groups is 1. The van der Waals surface area contributed by atoms with Gasteiger partial charge in [-0.25, -0.2) is 4.98 Å². The Morgan fingerprint density at radius 1 is 1.60 bits per heavy atom. The number of hydrogen-bond acceptors (Lipinski definition) is 6. The van der Waals surface area contributed by atoms with Crippen molar-refractivity contribution in [2.75, 3.05) is 38.2 Å². The van der Waals surface area contributed by atoms with Crippen molar-refractivity contribution in [1.29, 1.82) is 0 Å². The average Bonchev–Trinajstić information content (AvgIpc) is 2.46. The molecule has 0 aliphatic carbocycles. The van der Waals surface area contributed by atoms with Crippen molar-refractivity contribution in [3.63, 3.8) is 0 Å². The Labute approximate surface area is 118 Å².